The van der Waals surface area contributed by atoms with Crippen LogP contribution < -0.4 is 0 Å². The lowest BCUT2D eigenvalue weighted by atomic mass is 9.50. The molecule has 3 heteroatoms. The summed E-state index contributed by atoms with van der Waals surface area (Å²) < 4.78 is 0. The maximum Gasteiger partial charge on any atom is 0.0707 e. The predicted molar refractivity (Wildman–Crippen MR) is 81.1 cm³/mol. The van der Waals surface area contributed by atoms with Gasteiger partial charge in [0.15, 0.2) is 0 Å². The third kappa shape index (κ3) is 1.92. The molecule has 1 fully saturated rings. The molecule has 0 aromatic rings. The van der Waals surface area contributed by atoms with Gasteiger partial charge in [-0.2, -0.15) is 0 Å². The van der Waals surface area contributed by atoms with Crippen LogP contribution in [0.5, 0.6) is 0 Å². The number of aliphatic hydroxyl groups is 1. The second-order valence-corrected chi connectivity index (χ2v) is 7.89. The van der Waals surface area contributed by atoms with Crippen LogP contribution in [0.4, 0.5) is 0 Å². The summed E-state index contributed by atoms with van der Waals surface area (Å²) in [7, 11) is 0. The lowest BCUT2D eigenvalue weighted by molar-refractivity contribution is 0.000421. The highest BCUT2D eigenvalue weighted by Gasteiger charge is 2.56. The fourth-order valence-corrected chi connectivity index (χ4v) is 4.59. The predicted octanol–water partition coefficient (Wildman–Crippen LogP) is 4.78. The first-order valence-corrected chi connectivity index (χ1v) is 7.86. The highest BCUT2D eigenvalue weighted by Crippen LogP contribution is 2.62. The van der Waals surface area contributed by atoms with Gasteiger partial charge >= 0.3 is 0 Å². The van der Waals surface area contributed by atoms with Crippen molar-refractivity contribution in [3.05, 3.63) is 22.8 Å². The maximum atomic E-state index is 10.2. The van der Waals surface area contributed by atoms with Crippen LogP contribution in [-0.2, 0) is 0 Å². The van der Waals surface area contributed by atoms with Gasteiger partial charge in [-0.3, -0.25) is 0 Å². The molecule has 2 aliphatic carbocycles. The van der Waals surface area contributed by atoms with Crippen molar-refractivity contribution in [1.29, 1.82) is 0 Å². The zero-order chi connectivity index (χ0) is 13.7. The molecule has 0 bridgehead atoms. The van der Waals surface area contributed by atoms with Gasteiger partial charge in [-0.1, -0.05) is 59.1 Å². The zero-order valence-electron chi connectivity index (χ0n) is 11.4. The maximum absolute atomic E-state index is 10.2. The molecular formula is C15H22BrClO. The van der Waals surface area contributed by atoms with E-state index in [9.17, 15) is 5.11 Å². The van der Waals surface area contributed by atoms with E-state index >= 15 is 0 Å². The molecular weight excluding hydrogens is 312 g/mol. The molecule has 2 rings (SSSR count). The van der Waals surface area contributed by atoms with Crippen molar-refractivity contribution in [2.45, 2.75) is 57.4 Å². The molecule has 0 amide bonds. The average molecular weight is 334 g/mol. The number of hydrogen-bond donors (Lipinski definition) is 1. The van der Waals surface area contributed by atoms with Crippen LogP contribution in [0.25, 0.3) is 0 Å². The Morgan fingerprint density at radius 1 is 1.44 bits per heavy atom. The lowest BCUT2D eigenvalue weighted by Crippen LogP contribution is -2.54. The topological polar surface area (TPSA) is 20.2 Å². The summed E-state index contributed by atoms with van der Waals surface area (Å²) in [5.41, 5.74) is 2.46. The van der Waals surface area contributed by atoms with E-state index in [0.717, 1.165) is 24.3 Å². The number of aliphatic hydroxyl groups excluding tert-OH is 1. The highest BCUT2D eigenvalue weighted by atomic mass is 79.9. The molecule has 0 aliphatic heterocycles. The Labute approximate surface area is 123 Å². The first-order valence-electron chi connectivity index (χ1n) is 6.57. The van der Waals surface area contributed by atoms with Gasteiger partial charge in [0.25, 0.3) is 0 Å². The summed E-state index contributed by atoms with van der Waals surface area (Å²) >= 11 is 10.1. The molecule has 1 nitrogen and oxygen atoms in total. The normalized spacial score (nSPS) is 40.4. The Bertz CT molecular complexity index is 413. The van der Waals surface area contributed by atoms with Crippen molar-refractivity contribution < 1.29 is 5.11 Å². The molecule has 3 atom stereocenters. The molecule has 1 unspecified atom stereocenters. The molecule has 2 aliphatic rings. The third-order valence-electron chi connectivity index (χ3n) is 5.24. The molecule has 0 radical (unpaired) electrons. The quantitative estimate of drug-likeness (QED) is 0.499. The Hall–Kier alpha value is 0.210. The Kier molecular flexibility index (Phi) is 3.77. The van der Waals surface area contributed by atoms with Crippen molar-refractivity contribution in [1.82, 2.24) is 0 Å². The monoisotopic (exact) mass is 332 g/mol. The smallest absolute Gasteiger partial charge is 0.0707 e. The minimum absolute atomic E-state index is 0.0248. The summed E-state index contributed by atoms with van der Waals surface area (Å²) in [5, 5.41) is 11.2. The summed E-state index contributed by atoms with van der Waals surface area (Å²) in [4.78, 5) is 0.0957. The van der Waals surface area contributed by atoms with Gasteiger partial charge in [-0.15, -0.1) is 0 Å². The fraction of sp³-hybridized carbons (Fsp3) is 0.733. The van der Waals surface area contributed by atoms with E-state index in [1.807, 2.05) is 0 Å². The van der Waals surface area contributed by atoms with Crippen LogP contribution in [0.15, 0.2) is 22.8 Å². The van der Waals surface area contributed by atoms with Gasteiger partial charge in [0.1, 0.15) is 0 Å². The van der Waals surface area contributed by atoms with E-state index in [0.29, 0.717) is 6.42 Å². The van der Waals surface area contributed by atoms with Gasteiger partial charge in [-0.05, 0) is 38.0 Å². The van der Waals surface area contributed by atoms with Crippen LogP contribution >= 0.6 is 27.5 Å². The summed E-state index contributed by atoms with van der Waals surface area (Å²) in [5.74, 6) is 0. The second-order valence-electron chi connectivity index (χ2n) is 6.44. The minimum atomic E-state index is -0.344. The minimum Gasteiger partial charge on any atom is -0.392 e. The molecule has 102 valence electrons. The molecule has 0 saturated heterocycles. The summed E-state index contributed by atoms with van der Waals surface area (Å²) in [6, 6.07) is 0. The Morgan fingerprint density at radius 3 is 2.61 bits per heavy atom. The van der Waals surface area contributed by atoms with Gasteiger partial charge in [0.05, 0.1) is 6.10 Å². The van der Waals surface area contributed by atoms with Gasteiger partial charge < -0.3 is 5.11 Å². The van der Waals surface area contributed by atoms with Gasteiger partial charge in [0.2, 0.25) is 0 Å². The largest absolute Gasteiger partial charge is 0.392 e. The van der Waals surface area contributed by atoms with E-state index in [2.05, 4.69) is 43.3 Å². The van der Waals surface area contributed by atoms with Crippen LogP contribution in [0, 0.1) is 10.8 Å². The van der Waals surface area contributed by atoms with E-state index in [1.165, 1.54) is 11.1 Å². The molecule has 1 saturated carbocycles. The number of allylic oxidation sites excluding steroid dienone is 2. The van der Waals surface area contributed by atoms with E-state index in [1.54, 1.807) is 0 Å². The van der Waals surface area contributed by atoms with E-state index < -0.39 is 0 Å². The third-order valence-corrected chi connectivity index (χ3v) is 7.45. The van der Waals surface area contributed by atoms with Crippen molar-refractivity contribution >= 4 is 27.5 Å². The van der Waals surface area contributed by atoms with E-state index in [-0.39, 0.29) is 21.8 Å². The van der Waals surface area contributed by atoms with Crippen molar-refractivity contribution in [2.75, 3.05) is 0 Å². The Balaban J connectivity index is 2.45. The van der Waals surface area contributed by atoms with Crippen LogP contribution in [0.1, 0.15) is 46.5 Å². The zero-order valence-corrected chi connectivity index (χ0v) is 13.7. The number of halogens is 2. The fourth-order valence-electron chi connectivity index (χ4n) is 3.64. The molecule has 0 aromatic carbocycles. The number of rotatable bonds is 0. The average Bonchev–Trinajstić information content (AvgIpc) is 2.29. The first kappa shape index (κ1) is 14.6. The van der Waals surface area contributed by atoms with Gasteiger partial charge in [-0.25, -0.2) is 0 Å². The lowest BCUT2D eigenvalue weighted by Gasteiger charge is -2.57. The number of hydrogen-bond acceptors (Lipinski definition) is 1. The van der Waals surface area contributed by atoms with Crippen molar-refractivity contribution in [2.24, 2.45) is 10.8 Å². The molecule has 1 N–H and O–H groups in total. The first-order chi connectivity index (χ1) is 8.22. The second kappa shape index (κ2) is 4.64. The van der Waals surface area contributed by atoms with Crippen LogP contribution in [-0.4, -0.2) is 16.0 Å². The SMILES string of the molecule is C=C1C[C@H](O)[C@H](Br)C(C)(C)C12CCC(C)=C(Cl)C2. The summed E-state index contributed by atoms with van der Waals surface area (Å²) in [6.07, 6.45) is 3.35. The Morgan fingerprint density at radius 2 is 2.06 bits per heavy atom. The molecule has 0 aromatic heterocycles. The van der Waals surface area contributed by atoms with Gasteiger partial charge in [0, 0.05) is 15.3 Å². The van der Waals surface area contributed by atoms with Crippen molar-refractivity contribution in [3.63, 3.8) is 0 Å². The van der Waals surface area contributed by atoms with E-state index in [4.69, 9.17) is 11.6 Å². The number of alkyl halides is 1. The van der Waals surface area contributed by atoms with Crippen LogP contribution in [0.3, 0.4) is 0 Å². The molecule has 1 spiro atoms. The molecule has 18 heavy (non-hydrogen) atoms. The highest BCUT2D eigenvalue weighted by molar-refractivity contribution is 9.09. The summed E-state index contributed by atoms with van der Waals surface area (Å²) in [6.45, 7) is 10.8. The van der Waals surface area contributed by atoms with Crippen molar-refractivity contribution in [3.8, 4) is 0 Å². The standard InChI is InChI=1S/C15H22BrClO/c1-9-5-6-15(8-11(9)17)10(2)7-12(18)13(16)14(15,3)4/h12-13,18H,2,5-8H2,1,3-4H3/t12-,13-,15?/m0/s1. The molecule has 0 heterocycles. The van der Waals surface area contributed by atoms with Crippen LogP contribution in [0.2, 0.25) is 0 Å².